The van der Waals surface area contributed by atoms with Crippen LogP contribution in [0.15, 0.2) is 48.5 Å². The van der Waals surface area contributed by atoms with E-state index in [-0.39, 0.29) is 18.4 Å². The second kappa shape index (κ2) is 11.3. The molecule has 1 aliphatic rings. The van der Waals surface area contributed by atoms with Crippen molar-refractivity contribution in [3.05, 3.63) is 53.6 Å². The molecule has 0 saturated carbocycles. The minimum atomic E-state index is -0.658. The number of nitrogens with one attached hydrogen (secondary N) is 2. The van der Waals surface area contributed by atoms with Crippen LogP contribution in [0.5, 0.6) is 5.75 Å². The van der Waals surface area contributed by atoms with Crippen LogP contribution >= 0.6 is 11.6 Å². The Morgan fingerprint density at radius 2 is 1.83 bits per heavy atom. The van der Waals surface area contributed by atoms with Gasteiger partial charge in [-0.2, -0.15) is 0 Å². The summed E-state index contributed by atoms with van der Waals surface area (Å²) in [5, 5.41) is 6.30. The lowest BCUT2D eigenvalue weighted by Crippen LogP contribution is -2.50. The van der Waals surface area contributed by atoms with E-state index in [4.69, 9.17) is 16.3 Å². The molecular weight excluding hydrogens is 390 g/mol. The summed E-state index contributed by atoms with van der Waals surface area (Å²) < 4.78 is 5.83. The van der Waals surface area contributed by atoms with E-state index in [1.165, 1.54) is 0 Å². The van der Waals surface area contributed by atoms with Gasteiger partial charge in [-0.25, -0.2) is 0 Å². The van der Waals surface area contributed by atoms with Crippen LogP contribution < -0.4 is 20.3 Å². The number of ether oxygens (including phenoxy) is 1. The molecule has 0 bridgehead atoms. The van der Waals surface area contributed by atoms with Crippen molar-refractivity contribution in [2.75, 3.05) is 29.9 Å². The van der Waals surface area contributed by atoms with Crippen LogP contribution in [0.1, 0.15) is 27.2 Å². The number of hydrogen-bond acceptors (Lipinski definition) is 4. The van der Waals surface area contributed by atoms with Crippen LogP contribution in [0, 0.1) is 0 Å². The van der Waals surface area contributed by atoms with Gasteiger partial charge in [0.25, 0.3) is 5.91 Å². The Kier molecular flexibility index (Phi) is 8.80. The van der Waals surface area contributed by atoms with Gasteiger partial charge in [-0.1, -0.05) is 44.5 Å². The standard InChI is InChI=1S/C20H22ClN3O3.C2H6/c1-2-11-22-20(26)18-12-24(16-5-3-4-6-17(16)27-18)13-19(25)23-15-9-7-14(21)8-10-15;1-2/h3-10,18H,2,11-13H2,1H3,(H,22,26)(H,23,25);1-2H3. The van der Waals surface area contributed by atoms with E-state index in [1.807, 2.05) is 43.9 Å². The first-order valence-corrected chi connectivity index (χ1v) is 10.3. The van der Waals surface area contributed by atoms with Crippen molar-refractivity contribution in [3.63, 3.8) is 0 Å². The minimum Gasteiger partial charge on any atom is -0.477 e. The van der Waals surface area contributed by atoms with Gasteiger partial charge in [0.2, 0.25) is 5.91 Å². The molecule has 2 amide bonds. The second-order valence-electron chi connectivity index (χ2n) is 6.30. The smallest absolute Gasteiger partial charge is 0.262 e. The van der Waals surface area contributed by atoms with Crippen molar-refractivity contribution in [1.29, 1.82) is 0 Å². The van der Waals surface area contributed by atoms with Crippen molar-refractivity contribution >= 4 is 34.8 Å². The van der Waals surface area contributed by atoms with Crippen LogP contribution in [0.4, 0.5) is 11.4 Å². The van der Waals surface area contributed by atoms with E-state index in [0.29, 0.717) is 29.5 Å². The monoisotopic (exact) mass is 417 g/mol. The van der Waals surface area contributed by atoms with Crippen LogP contribution in [0.25, 0.3) is 0 Å². The highest BCUT2D eigenvalue weighted by atomic mass is 35.5. The lowest BCUT2D eigenvalue weighted by Gasteiger charge is -2.35. The summed E-state index contributed by atoms with van der Waals surface area (Å²) in [7, 11) is 0. The maximum atomic E-state index is 12.5. The Morgan fingerprint density at radius 3 is 2.52 bits per heavy atom. The fraction of sp³-hybridized carbons (Fsp3) is 0.364. The first kappa shape index (κ1) is 22.6. The molecule has 2 N–H and O–H groups in total. The molecule has 0 aliphatic carbocycles. The van der Waals surface area contributed by atoms with Gasteiger partial charge < -0.3 is 20.3 Å². The number of rotatable bonds is 6. The molecule has 6 nitrogen and oxygen atoms in total. The van der Waals surface area contributed by atoms with E-state index in [1.54, 1.807) is 30.3 Å². The van der Waals surface area contributed by atoms with Crippen molar-refractivity contribution in [1.82, 2.24) is 5.32 Å². The van der Waals surface area contributed by atoms with Crippen molar-refractivity contribution in [2.24, 2.45) is 0 Å². The van der Waals surface area contributed by atoms with Crippen molar-refractivity contribution < 1.29 is 14.3 Å². The zero-order chi connectivity index (χ0) is 21.2. The summed E-state index contributed by atoms with van der Waals surface area (Å²) >= 11 is 5.87. The highest BCUT2D eigenvalue weighted by Gasteiger charge is 2.31. The number of halogens is 1. The predicted octanol–water partition coefficient (Wildman–Crippen LogP) is 4.10. The van der Waals surface area contributed by atoms with Gasteiger partial charge in [0, 0.05) is 17.3 Å². The molecule has 1 aliphatic heterocycles. The molecule has 2 aromatic rings. The third-order valence-electron chi connectivity index (χ3n) is 4.17. The number of fused-ring (bicyclic) bond motifs is 1. The Morgan fingerprint density at radius 1 is 1.14 bits per heavy atom. The number of benzene rings is 2. The van der Waals surface area contributed by atoms with Crippen LogP contribution in [0.3, 0.4) is 0 Å². The molecule has 0 saturated heterocycles. The summed E-state index contributed by atoms with van der Waals surface area (Å²) in [5.74, 6) is 0.246. The van der Waals surface area contributed by atoms with Crippen LogP contribution in [-0.4, -0.2) is 37.6 Å². The molecule has 2 aromatic carbocycles. The normalized spacial score (nSPS) is 14.6. The summed E-state index contributed by atoms with van der Waals surface area (Å²) in [6, 6.07) is 14.3. The highest BCUT2D eigenvalue weighted by Crippen LogP contribution is 2.33. The predicted molar refractivity (Wildman–Crippen MR) is 118 cm³/mol. The number of carbonyl (C=O) groups is 2. The minimum absolute atomic E-state index is 0.112. The lowest BCUT2D eigenvalue weighted by atomic mass is 10.1. The number of anilines is 2. The van der Waals surface area contributed by atoms with Gasteiger partial charge in [-0.05, 0) is 42.8 Å². The molecule has 156 valence electrons. The van der Waals surface area contributed by atoms with E-state index in [9.17, 15) is 9.59 Å². The first-order chi connectivity index (χ1) is 14.1. The molecule has 7 heteroatoms. The molecule has 29 heavy (non-hydrogen) atoms. The molecule has 0 spiro atoms. The van der Waals surface area contributed by atoms with E-state index in [2.05, 4.69) is 10.6 Å². The summed E-state index contributed by atoms with van der Waals surface area (Å²) in [5.41, 5.74) is 1.46. The van der Waals surface area contributed by atoms with Crippen molar-refractivity contribution in [2.45, 2.75) is 33.3 Å². The maximum Gasteiger partial charge on any atom is 0.262 e. The van der Waals surface area contributed by atoms with E-state index >= 15 is 0 Å². The highest BCUT2D eigenvalue weighted by molar-refractivity contribution is 6.30. The van der Waals surface area contributed by atoms with E-state index in [0.717, 1.165) is 12.1 Å². The number of amides is 2. The Balaban J connectivity index is 0.00000145. The maximum absolute atomic E-state index is 12.5. The topological polar surface area (TPSA) is 70.7 Å². The molecule has 1 heterocycles. The Hall–Kier alpha value is -2.73. The third kappa shape index (κ3) is 6.39. The SMILES string of the molecule is CC.CCCNC(=O)C1CN(CC(=O)Nc2ccc(Cl)cc2)c2ccccc2O1. The molecule has 1 unspecified atom stereocenters. The molecule has 1 atom stereocenters. The quantitative estimate of drug-likeness (QED) is 0.742. The van der Waals surface area contributed by atoms with E-state index < -0.39 is 6.10 Å². The van der Waals surface area contributed by atoms with Crippen LogP contribution in [-0.2, 0) is 9.59 Å². The molecule has 0 radical (unpaired) electrons. The largest absolute Gasteiger partial charge is 0.477 e. The van der Waals surface area contributed by atoms with Crippen LogP contribution in [0.2, 0.25) is 5.02 Å². The average Bonchev–Trinajstić information content (AvgIpc) is 2.75. The Bertz CT molecular complexity index is 811. The van der Waals surface area contributed by atoms with Gasteiger partial charge in [-0.3, -0.25) is 9.59 Å². The summed E-state index contributed by atoms with van der Waals surface area (Å²) in [6.07, 6.45) is 0.192. The van der Waals surface area contributed by atoms with Gasteiger partial charge in [0.1, 0.15) is 5.75 Å². The van der Waals surface area contributed by atoms with Gasteiger partial charge in [0.05, 0.1) is 18.8 Å². The number of hydrogen-bond donors (Lipinski definition) is 2. The summed E-state index contributed by atoms with van der Waals surface area (Å²) in [4.78, 5) is 26.7. The zero-order valence-electron chi connectivity index (χ0n) is 17.1. The molecule has 0 aromatic heterocycles. The third-order valence-corrected chi connectivity index (χ3v) is 4.42. The lowest BCUT2D eigenvalue weighted by molar-refractivity contribution is -0.128. The molecule has 0 fully saturated rings. The zero-order valence-corrected chi connectivity index (χ0v) is 17.8. The molecular formula is C22H28ClN3O3. The molecule has 3 rings (SSSR count). The van der Waals surface area contributed by atoms with Gasteiger partial charge in [0.15, 0.2) is 6.10 Å². The fourth-order valence-corrected chi connectivity index (χ4v) is 2.99. The Labute approximate surface area is 177 Å². The number of para-hydroxylation sites is 2. The van der Waals surface area contributed by atoms with Crippen molar-refractivity contribution in [3.8, 4) is 5.75 Å². The second-order valence-corrected chi connectivity index (χ2v) is 6.74. The number of nitrogens with zero attached hydrogens (tertiary/aromatic N) is 1. The first-order valence-electron chi connectivity index (χ1n) is 9.90. The fourth-order valence-electron chi connectivity index (χ4n) is 2.86. The summed E-state index contributed by atoms with van der Waals surface area (Å²) in [6.45, 7) is 7.00. The van der Waals surface area contributed by atoms with Gasteiger partial charge >= 0.3 is 0 Å². The van der Waals surface area contributed by atoms with Gasteiger partial charge in [-0.15, -0.1) is 0 Å². The number of carbonyl (C=O) groups excluding carboxylic acids is 2. The average molecular weight is 418 g/mol.